The average Bonchev–Trinajstić information content (AvgIpc) is 2.78. The number of aliphatic hydroxyl groups is 2. The van der Waals surface area contributed by atoms with Crippen LogP contribution in [-0.2, 0) is 4.79 Å². The van der Waals surface area contributed by atoms with Crippen LogP contribution in [-0.4, -0.2) is 22.1 Å². The molecule has 0 aromatic rings. The number of Topliss-reactive ketones (excluding diaryl/α,β-unsaturated/α-hetero) is 1. The zero-order valence-electron chi connectivity index (χ0n) is 12.8. The molecule has 0 bridgehead atoms. The number of carbonyl (C=O) groups excluding carboxylic acids is 1. The van der Waals surface area contributed by atoms with Crippen LogP contribution in [0.25, 0.3) is 0 Å². The SMILES string of the molecule is C[C@]12CC[C@H]3[C@H](CCC4=C(O)C(=O)CC[C@H]43)[C@@H]1CC[C@@H]2O. The van der Waals surface area contributed by atoms with Crippen molar-refractivity contribution in [1.29, 1.82) is 0 Å². The summed E-state index contributed by atoms with van der Waals surface area (Å²) >= 11 is 0. The topological polar surface area (TPSA) is 57.5 Å². The van der Waals surface area contributed by atoms with E-state index in [-0.39, 0.29) is 23.1 Å². The zero-order valence-corrected chi connectivity index (χ0v) is 12.8. The largest absolute Gasteiger partial charge is 0.504 e. The first-order valence-corrected chi connectivity index (χ1v) is 8.65. The first kappa shape index (κ1) is 13.8. The van der Waals surface area contributed by atoms with Gasteiger partial charge >= 0.3 is 0 Å². The van der Waals surface area contributed by atoms with Crippen molar-refractivity contribution in [2.24, 2.45) is 29.1 Å². The van der Waals surface area contributed by atoms with Crippen LogP contribution >= 0.6 is 0 Å². The van der Waals surface area contributed by atoms with E-state index >= 15 is 0 Å². The van der Waals surface area contributed by atoms with Crippen molar-refractivity contribution in [2.75, 3.05) is 0 Å². The molecule has 4 rings (SSSR count). The van der Waals surface area contributed by atoms with Gasteiger partial charge in [0.2, 0.25) is 0 Å². The van der Waals surface area contributed by atoms with E-state index in [1.165, 1.54) is 0 Å². The highest BCUT2D eigenvalue weighted by Gasteiger charge is 2.56. The highest BCUT2D eigenvalue weighted by molar-refractivity contribution is 5.94. The predicted molar refractivity (Wildman–Crippen MR) is 79.7 cm³/mol. The lowest BCUT2D eigenvalue weighted by molar-refractivity contribution is -0.120. The van der Waals surface area contributed by atoms with Crippen LogP contribution in [0.4, 0.5) is 0 Å². The molecular formula is C18H26O3. The number of carbonyl (C=O) groups is 1. The first-order chi connectivity index (χ1) is 10.0. The highest BCUT2D eigenvalue weighted by Crippen LogP contribution is 2.61. The average molecular weight is 290 g/mol. The lowest BCUT2D eigenvalue weighted by Crippen LogP contribution is -2.47. The maximum atomic E-state index is 11.7. The third-order valence-corrected chi connectivity index (χ3v) is 7.40. The van der Waals surface area contributed by atoms with Crippen molar-refractivity contribution in [3.63, 3.8) is 0 Å². The summed E-state index contributed by atoms with van der Waals surface area (Å²) in [6, 6.07) is 0. The summed E-state index contributed by atoms with van der Waals surface area (Å²) in [5.74, 6) is 2.46. The number of allylic oxidation sites excluding steroid dienone is 1. The van der Waals surface area contributed by atoms with E-state index in [1.807, 2.05) is 0 Å². The Hall–Kier alpha value is -0.830. The summed E-state index contributed by atoms with van der Waals surface area (Å²) in [6.45, 7) is 2.29. The third-order valence-electron chi connectivity index (χ3n) is 7.40. The molecule has 3 heteroatoms. The van der Waals surface area contributed by atoms with Crippen LogP contribution in [0, 0.1) is 29.1 Å². The van der Waals surface area contributed by atoms with E-state index in [2.05, 4.69) is 6.92 Å². The summed E-state index contributed by atoms with van der Waals surface area (Å²) in [6.07, 6.45) is 7.72. The molecule has 116 valence electrons. The second-order valence-electron chi connectivity index (χ2n) is 8.05. The predicted octanol–water partition coefficient (Wildman–Crippen LogP) is 3.37. The Morgan fingerprint density at radius 3 is 2.67 bits per heavy atom. The molecule has 2 N–H and O–H groups in total. The van der Waals surface area contributed by atoms with Gasteiger partial charge in [-0.1, -0.05) is 6.92 Å². The van der Waals surface area contributed by atoms with Crippen LogP contribution in [0.1, 0.15) is 58.3 Å². The summed E-state index contributed by atoms with van der Waals surface area (Å²) < 4.78 is 0. The molecule has 0 aliphatic heterocycles. The lowest BCUT2D eigenvalue weighted by atomic mass is 9.52. The highest BCUT2D eigenvalue weighted by atomic mass is 16.3. The number of hydrogen-bond donors (Lipinski definition) is 2. The van der Waals surface area contributed by atoms with Gasteiger partial charge in [0.05, 0.1) is 6.10 Å². The molecule has 3 saturated carbocycles. The lowest BCUT2D eigenvalue weighted by Gasteiger charge is -2.53. The molecule has 3 nitrogen and oxygen atoms in total. The van der Waals surface area contributed by atoms with E-state index in [0.717, 1.165) is 50.5 Å². The monoisotopic (exact) mass is 290 g/mol. The summed E-state index contributed by atoms with van der Waals surface area (Å²) in [5.41, 5.74) is 1.18. The van der Waals surface area contributed by atoms with Crippen molar-refractivity contribution < 1.29 is 15.0 Å². The minimum Gasteiger partial charge on any atom is -0.504 e. The Labute approximate surface area is 126 Å². The fourth-order valence-corrected chi connectivity index (χ4v) is 6.24. The molecule has 0 saturated heterocycles. The number of hydrogen-bond acceptors (Lipinski definition) is 3. The molecule has 0 aromatic heterocycles. The number of aliphatic hydroxyl groups excluding tert-OH is 2. The normalized spacial score (nSPS) is 49.6. The second kappa shape index (κ2) is 4.58. The quantitative estimate of drug-likeness (QED) is 0.719. The van der Waals surface area contributed by atoms with Crippen molar-refractivity contribution in [2.45, 2.75) is 64.4 Å². The molecule has 6 atom stereocenters. The van der Waals surface area contributed by atoms with E-state index in [4.69, 9.17) is 0 Å². The summed E-state index contributed by atoms with van der Waals surface area (Å²) in [7, 11) is 0. The molecule has 4 aliphatic rings. The van der Waals surface area contributed by atoms with Crippen molar-refractivity contribution in [1.82, 2.24) is 0 Å². The van der Waals surface area contributed by atoms with Crippen LogP contribution in [0.15, 0.2) is 11.3 Å². The molecule has 0 amide bonds. The van der Waals surface area contributed by atoms with E-state index in [9.17, 15) is 15.0 Å². The van der Waals surface area contributed by atoms with Crippen LogP contribution in [0.2, 0.25) is 0 Å². The van der Waals surface area contributed by atoms with Gasteiger partial charge in [-0.15, -0.1) is 0 Å². The van der Waals surface area contributed by atoms with Gasteiger partial charge in [0.1, 0.15) is 0 Å². The zero-order chi connectivity index (χ0) is 14.8. The van der Waals surface area contributed by atoms with Gasteiger partial charge in [-0.25, -0.2) is 0 Å². The summed E-state index contributed by atoms with van der Waals surface area (Å²) in [4.78, 5) is 11.7. The van der Waals surface area contributed by atoms with Gasteiger partial charge in [0.25, 0.3) is 0 Å². The number of ketones is 1. The van der Waals surface area contributed by atoms with Gasteiger partial charge in [-0.2, -0.15) is 0 Å². The van der Waals surface area contributed by atoms with Crippen molar-refractivity contribution >= 4 is 5.78 Å². The van der Waals surface area contributed by atoms with Crippen molar-refractivity contribution in [3.8, 4) is 0 Å². The van der Waals surface area contributed by atoms with Crippen molar-refractivity contribution in [3.05, 3.63) is 11.3 Å². The molecular weight excluding hydrogens is 264 g/mol. The minimum absolute atomic E-state index is 0.0448. The Kier molecular flexibility index (Phi) is 3.01. The van der Waals surface area contributed by atoms with Gasteiger partial charge in [-0.05, 0) is 79.6 Å². The molecule has 21 heavy (non-hydrogen) atoms. The maximum absolute atomic E-state index is 11.7. The van der Waals surface area contributed by atoms with Crippen LogP contribution in [0.3, 0.4) is 0 Å². The molecule has 0 aromatic carbocycles. The van der Waals surface area contributed by atoms with Crippen LogP contribution in [0.5, 0.6) is 0 Å². The van der Waals surface area contributed by atoms with Gasteiger partial charge < -0.3 is 10.2 Å². The van der Waals surface area contributed by atoms with E-state index < -0.39 is 0 Å². The summed E-state index contributed by atoms with van der Waals surface area (Å²) in [5, 5.41) is 20.5. The molecule has 3 fully saturated rings. The van der Waals surface area contributed by atoms with Gasteiger partial charge in [-0.3, -0.25) is 4.79 Å². The first-order valence-electron chi connectivity index (χ1n) is 8.65. The Morgan fingerprint density at radius 2 is 1.86 bits per heavy atom. The Balaban J connectivity index is 1.66. The molecule has 0 unspecified atom stereocenters. The fraction of sp³-hybridized carbons (Fsp3) is 0.833. The standard InChI is InChI=1S/C18H26O3/c1-18-9-8-11-10-4-6-15(19)17(21)13(10)3-2-12(11)14(18)5-7-16(18)20/h10-12,14,16,20-21H,2-9H2,1H3/t10-,11+,12-,14-,16-,18-/m0/s1. The Morgan fingerprint density at radius 1 is 1.05 bits per heavy atom. The number of rotatable bonds is 0. The minimum atomic E-state index is -0.123. The molecule has 0 radical (unpaired) electrons. The van der Waals surface area contributed by atoms with Crippen LogP contribution < -0.4 is 0 Å². The fourth-order valence-electron chi connectivity index (χ4n) is 6.24. The van der Waals surface area contributed by atoms with E-state index in [1.54, 1.807) is 0 Å². The molecule has 0 spiro atoms. The maximum Gasteiger partial charge on any atom is 0.197 e. The van der Waals surface area contributed by atoms with Gasteiger partial charge in [0, 0.05) is 6.42 Å². The molecule has 4 aliphatic carbocycles. The Bertz CT molecular complexity index is 509. The molecule has 0 heterocycles. The smallest absolute Gasteiger partial charge is 0.197 e. The number of fused-ring (bicyclic) bond motifs is 5. The second-order valence-corrected chi connectivity index (χ2v) is 8.05. The van der Waals surface area contributed by atoms with E-state index in [0.29, 0.717) is 30.1 Å². The van der Waals surface area contributed by atoms with Gasteiger partial charge in [0.15, 0.2) is 11.5 Å². The third kappa shape index (κ3) is 1.79.